The van der Waals surface area contributed by atoms with Crippen molar-refractivity contribution in [3.63, 3.8) is 0 Å². The van der Waals surface area contributed by atoms with E-state index < -0.39 is 31.6 Å². The third-order valence-corrected chi connectivity index (χ3v) is 14.2. The Bertz CT molecular complexity index is 2130. The van der Waals surface area contributed by atoms with Crippen LogP contribution in [0.25, 0.3) is 10.1 Å². The fourth-order valence-electron chi connectivity index (χ4n) is 8.08. The maximum atomic E-state index is 14.6. The summed E-state index contributed by atoms with van der Waals surface area (Å²) >= 11 is 1.31. The number of aromatic nitrogens is 1. The second-order valence-corrected chi connectivity index (χ2v) is 18.5. The Morgan fingerprint density at radius 1 is 1.02 bits per heavy atom. The van der Waals surface area contributed by atoms with E-state index in [4.69, 9.17) is 9.26 Å². The fourth-order valence-corrected chi connectivity index (χ4v) is 11.2. The molecule has 4 aromatic rings. The number of benzene rings is 2. The number of carbonyl (C=O) groups is 4. The van der Waals surface area contributed by atoms with Gasteiger partial charge in [-0.1, -0.05) is 37.3 Å². The van der Waals surface area contributed by atoms with Crippen molar-refractivity contribution in [2.24, 2.45) is 0 Å². The summed E-state index contributed by atoms with van der Waals surface area (Å²) in [4.78, 5) is 62.5. The number of carbonyl (C=O) groups excluding carboxylic acids is 4. The number of amides is 3. The summed E-state index contributed by atoms with van der Waals surface area (Å²) < 4.78 is 27.0. The molecule has 56 heavy (non-hydrogen) atoms. The van der Waals surface area contributed by atoms with Gasteiger partial charge in [0.2, 0.25) is 11.8 Å². The number of hydrogen-bond acceptors (Lipinski definition) is 9. The number of esters is 1. The topological polar surface area (TPSA) is 147 Å². The van der Waals surface area contributed by atoms with Gasteiger partial charge in [-0.25, -0.2) is 5.09 Å². The number of nitrogens with zero attached hydrogens (tertiary/aromatic N) is 3. The average molecular weight is 800 g/mol. The average Bonchev–Trinajstić information content (AvgIpc) is 3.75. The fraction of sp³-hybridized carbons (Fsp3) is 0.452. The van der Waals surface area contributed by atoms with Crippen LogP contribution in [0.2, 0.25) is 0 Å². The molecule has 3 fully saturated rings. The quantitative estimate of drug-likeness (QED) is 0.109. The highest BCUT2D eigenvalue weighted by atomic mass is 32.1. The lowest BCUT2D eigenvalue weighted by atomic mass is 9.92. The second-order valence-electron chi connectivity index (χ2n) is 15.3. The first-order valence-corrected chi connectivity index (χ1v) is 22.2. The Morgan fingerprint density at radius 2 is 1.80 bits per heavy atom. The third kappa shape index (κ3) is 8.55. The van der Waals surface area contributed by atoms with E-state index in [9.17, 15) is 23.7 Å². The Labute approximate surface area is 331 Å². The molecule has 14 heteroatoms. The van der Waals surface area contributed by atoms with E-state index in [0.29, 0.717) is 48.5 Å². The lowest BCUT2D eigenvalue weighted by molar-refractivity contribution is -0.148. The first kappa shape index (κ1) is 39.6. The number of nitrogens with one attached hydrogen (secondary N) is 2. The zero-order chi connectivity index (χ0) is 39.6. The zero-order valence-electron chi connectivity index (χ0n) is 32.4. The lowest BCUT2D eigenvalue weighted by Gasteiger charge is -2.42. The molecule has 5 atom stereocenters. The molecule has 1 unspecified atom stereocenters. The van der Waals surface area contributed by atoms with Crippen LogP contribution in [0.15, 0.2) is 67.0 Å². The Kier molecular flexibility index (Phi) is 11.9. The monoisotopic (exact) mass is 799 g/mol. The van der Waals surface area contributed by atoms with Crippen molar-refractivity contribution in [2.45, 2.75) is 102 Å². The molecule has 2 N–H and O–H groups in total. The van der Waals surface area contributed by atoms with Gasteiger partial charge in [0.25, 0.3) is 5.91 Å². The van der Waals surface area contributed by atoms with Crippen LogP contribution >= 0.6 is 18.9 Å². The Balaban J connectivity index is 1.04. The SMILES string of the molecule is CCCOC(=O)[C@H](C)NP(=O)(Cc1ccc2sc(C(=O)N[C@H]3CCC[C@H]4CC[C@@H](C(=O)N5CC(c6cccnc6)C5)N4C3=O)cc2c1)Oc1c(C)cccc1C. The van der Waals surface area contributed by atoms with E-state index in [-0.39, 0.29) is 42.5 Å². The van der Waals surface area contributed by atoms with Gasteiger partial charge in [-0.2, -0.15) is 0 Å². The number of fused-ring (bicyclic) bond motifs is 2. The number of hydrogen-bond donors (Lipinski definition) is 2. The smallest absolute Gasteiger partial charge is 0.323 e. The van der Waals surface area contributed by atoms with Crippen LogP contribution in [-0.4, -0.2) is 82.3 Å². The van der Waals surface area contributed by atoms with Crippen molar-refractivity contribution in [1.82, 2.24) is 25.2 Å². The molecule has 0 spiro atoms. The second kappa shape index (κ2) is 16.9. The first-order valence-electron chi connectivity index (χ1n) is 19.6. The van der Waals surface area contributed by atoms with E-state index in [0.717, 1.165) is 46.0 Å². The molecule has 3 aliphatic heterocycles. The number of aryl methyl sites for hydroxylation is 2. The predicted molar refractivity (Wildman–Crippen MR) is 216 cm³/mol. The molecule has 3 saturated heterocycles. The summed E-state index contributed by atoms with van der Waals surface area (Å²) in [6, 6.07) is 14.8. The molecule has 0 bridgehead atoms. The van der Waals surface area contributed by atoms with Gasteiger partial charge in [-0.05, 0) is 111 Å². The standard InChI is InChI=1S/C42H50N5O7PS/c1-5-19-53-42(51)28(4)45-55(52,54-38-26(2)9-6-10-27(38)3)25-29-14-17-36-31(20-29)21-37(56-36)39(48)44-34-13-7-12-33-15-16-35(47(33)40(34)49)41(50)46-23-32(24-46)30-11-8-18-43-22-30/h6,8-11,14,17-18,20-22,28,32-35H,5,7,12-13,15-16,19,23-25H2,1-4H3,(H,44,48)(H,45,52)/t28-,33-,34-,35-,55?/m0/s1. The van der Waals surface area contributed by atoms with Crippen molar-refractivity contribution in [3.05, 3.63) is 94.1 Å². The van der Waals surface area contributed by atoms with Crippen LogP contribution < -0.4 is 14.9 Å². The number of pyridine rings is 1. The molecule has 7 rings (SSSR count). The number of rotatable bonds is 13. The summed E-state index contributed by atoms with van der Waals surface area (Å²) in [7, 11) is -3.73. The van der Waals surface area contributed by atoms with Crippen molar-refractivity contribution in [2.75, 3.05) is 19.7 Å². The summed E-state index contributed by atoms with van der Waals surface area (Å²) in [5.74, 6) is -0.327. The maximum Gasteiger partial charge on any atom is 0.323 e. The molecule has 3 aliphatic rings. The van der Waals surface area contributed by atoms with Gasteiger partial charge >= 0.3 is 13.5 Å². The van der Waals surface area contributed by atoms with Gasteiger partial charge in [-0.3, -0.25) is 28.7 Å². The number of likely N-dealkylation sites (tertiary alicyclic amines) is 1. The molecule has 12 nitrogen and oxygen atoms in total. The van der Waals surface area contributed by atoms with E-state index in [1.165, 1.54) is 11.3 Å². The summed E-state index contributed by atoms with van der Waals surface area (Å²) in [6.45, 7) is 8.77. The first-order chi connectivity index (χ1) is 26.9. The van der Waals surface area contributed by atoms with Crippen LogP contribution in [0.5, 0.6) is 5.75 Å². The normalized spacial score (nSPS) is 21.4. The molecule has 0 radical (unpaired) electrons. The van der Waals surface area contributed by atoms with Gasteiger partial charge in [0.05, 0.1) is 17.6 Å². The van der Waals surface area contributed by atoms with Gasteiger partial charge in [0.15, 0.2) is 0 Å². The van der Waals surface area contributed by atoms with E-state index in [1.54, 1.807) is 24.1 Å². The van der Waals surface area contributed by atoms with Crippen molar-refractivity contribution in [3.8, 4) is 5.75 Å². The predicted octanol–water partition coefficient (Wildman–Crippen LogP) is 6.88. The molecule has 5 heterocycles. The minimum Gasteiger partial charge on any atom is -0.465 e. The molecular weight excluding hydrogens is 750 g/mol. The van der Waals surface area contributed by atoms with Crippen LogP contribution in [0, 0.1) is 13.8 Å². The van der Waals surface area contributed by atoms with Gasteiger partial charge in [-0.15, -0.1) is 11.3 Å². The highest BCUT2D eigenvalue weighted by Gasteiger charge is 2.47. The summed E-state index contributed by atoms with van der Waals surface area (Å²) in [5.41, 5.74) is 3.44. The summed E-state index contributed by atoms with van der Waals surface area (Å²) in [6.07, 6.45) is 7.72. The van der Waals surface area contributed by atoms with E-state index in [2.05, 4.69) is 15.4 Å². The third-order valence-electron chi connectivity index (χ3n) is 11.1. The minimum atomic E-state index is -3.73. The molecule has 2 aromatic heterocycles. The van der Waals surface area contributed by atoms with Crippen LogP contribution in [-0.2, 0) is 29.8 Å². The highest BCUT2D eigenvalue weighted by Crippen LogP contribution is 2.49. The minimum absolute atomic E-state index is 0.00867. The number of ether oxygens (including phenoxy) is 1. The molecule has 296 valence electrons. The van der Waals surface area contributed by atoms with E-state index >= 15 is 0 Å². The van der Waals surface area contributed by atoms with Crippen LogP contribution in [0.4, 0.5) is 0 Å². The summed E-state index contributed by atoms with van der Waals surface area (Å²) in [5, 5.41) is 6.75. The molecular formula is C42H50N5O7PS. The Morgan fingerprint density at radius 3 is 2.54 bits per heavy atom. The van der Waals surface area contributed by atoms with Gasteiger partial charge in [0, 0.05) is 42.1 Å². The van der Waals surface area contributed by atoms with Crippen molar-refractivity contribution < 1.29 is 33.0 Å². The molecule has 3 amide bonds. The largest absolute Gasteiger partial charge is 0.465 e. The van der Waals surface area contributed by atoms with Crippen LogP contribution in [0.3, 0.4) is 0 Å². The van der Waals surface area contributed by atoms with Gasteiger partial charge < -0.3 is 24.4 Å². The van der Waals surface area contributed by atoms with E-state index in [1.807, 2.05) is 80.4 Å². The van der Waals surface area contributed by atoms with Crippen molar-refractivity contribution in [1.29, 1.82) is 0 Å². The highest BCUT2D eigenvalue weighted by molar-refractivity contribution is 7.56. The van der Waals surface area contributed by atoms with Gasteiger partial charge in [0.1, 0.15) is 23.9 Å². The van der Waals surface area contributed by atoms with Crippen LogP contribution in [0.1, 0.15) is 90.2 Å². The number of thiophene rings is 1. The molecule has 2 aromatic carbocycles. The molecule has 0 saturated carbocycles. The number of para-hydroxylation sites is 1. The maximum absolute atomic E-state index is 14.6. The lowest BCUT2D eigenvalue weighted by Crippen LogP contribution is -2.58. The van der Waals surface area contributed by atoms with Crippen molar-refractivity contribution >= 4 is 52.6 Å². The molecule has 0 aliphatic carbocycles. The zero-order valence-corrected chi connectivity index (χ0v) is 34.1. The Hall–Kier alpha value is -4.58.